The summed E-state index contributed by atoms with van der Waals surface area (Å²) in [5.41, 5.74) is 4.39. The van der Waals surface area contributed by atoms with E-state index in [-0.39, 0.29) is 30.4 Å². The summed E-state index contributed by atoms with van der Waals surface area (Å²) < 4.78 is 0. The minimum Gasteiger partial charge on any atom is -0.394 e. The first-order chi connectivity index (χ1) is 8.88. The van der Waals surface area contributed by atoms with Crippen molar-refractivity contribution in [3.8, 4) is 0 Å². The van der Waals surface area contributed by atoms with Crippen LogP contribution in [-0.2, 0) is 4.79 Å². The molecule has 1 aromatic rings. The number of nitrogens with zero attached hydrogens (tertiary/aromatic N) is 1. The second kappa shape index (κ2) is 4.97. The summed E-state index contributed by atoms with van der Waals surface area (Å²) in [4.78, 5) is 14.2. The van der Waals surface area contributed by atoms with Crippen molar-refractivity contribution in [3.05, 3.63) is 28.8 Å². The minimum absolute atomic E-state index is 0.0291. The Hall–Kier alpha value is -1.35. The molecule has 3 nitrogen and oxygen atoms in total. The molecule has 0 bridgehead atoms. The second-order valence-corrected chi connectivity index (χ2v) is 5.98. The molecule has 1 aliphatic heterocycles. The van der Waals surface area contributed by atoms with Crippen LogP contribution in [0.1, 0.15) is 30.5 Å². The number of hydrogen-bond acceptors (Lipinski definition) is 2. The number of rotatable bonds is 3. The first-order valence-corrected chi connectivity index (χ1v) is 6.90. The molecule has 1 aromatic carbocycles. The van der Waals surface area contributed by atoms with Crippen LogP contribution in [0.15, 0.2) is 12.1 Å². The van der Waals surface area contributed by atoms with E-state index in [1.165, 1.54) is 5.56 Å². The largest absolute Gasteiger partial charge is 0.394 e. The van der Waals surface area contributed by atoms with Crippen molar-refractivity contribution in [3.63, 3.8) is 0 Å². The van der Waals surface area contributed by atoms with Crippen molar-refractivity contribution in [2.45, 2.75) is 40.7 Å². The van der Waals surface area contributed by atoms with E-state index in [1.54, 1.807) is 4.90 Å². The van der Waals surface area contributed by atoms with Crippen molar-refractivity contribution < 1.29 is 9.90 Å². The molecule has 0 aliphatic carbocycles. The highest BCUT2D eigenvalue weighted by atomic mass is 16.3. The Morgan fingerprint density at radius 3 is 2.16 bits per heavy atom. The van der Waals surface area contributed by atoms with Gasteiger partial charge in [0, 0.05) is 5.69 Å². The molecule has 1 fully saturated rings. The van der Waals surface area contributed by atoms with Gasteiger partial charge in [-0.2, -0.15) is 0 Å². The summed E-state index contributed by atoms with van der Waals surface area (Å²) in [5.74, 6) is 0.362. The van der Waals surface area contributed by atoms with Gasteiger partial charge in [-0.1, -0.05) is 31.5 Å². The molecule has 0 radical (unpaired) electrons. The molecule has 0 saturated carbocycles. The van der Waals surface area contributed by atoms with Crippen LogP contribution in [0.25, 0.3) is 0 Å². The molecule has 1 heterocycles. The van der Waals surface area contributed by atoms with E-state index in [4.69, 9.17) is 0 Å². The summed E-state index contributed by atoms with van der Waals surface area (Å²) in [5, 5.41) is 9.60. The molecule has 1 N–H and O–H groups in total. The third-order valence-corrected chi connectivity index (χ3v) is 4.05. The fourth-order valence-electron chi connectivity index (χ4n) is 3.32. The van der Waals surface area contributed by atoms with E-state index in [9.17, 15) is 9.90 Å². The van der Waals surface area contributed by atoms with Gasteiger partial charge in [-0.3, -0.25) is 4.79 Å². The van der Waals surface area contributed by atoms with Crippen molar-refractivity contribution in [1.82, 2.24) is 0 Å². The number of anilines is 1. The number of aliphatic hydroxyl groups excluding tert-OH is 1. The Balaban J connectivity index is 2.41. The van der Waals surface area contributed by atoms with E-state index in [1.807, 2.05) is 27.7 Å². The maximum atomic E-state index is 12.4. The average molecular weight is 261 g/mol. The van der Waals surface area contributed by atoms with Crippen molar-refractivity contribution in [2.24, 2.45) is 11.8 Å². The highest BCUT2D eigenvalue weighted by Gasteiger charge is 2.49. The molecule has 1 saturated heterocycles. The third kappa shape index (κ3) is 2.16. The Morgan fingerprint density at radius 2 is 1.74 bits per heavy atom. The number of carbonyl (C=O) groups excluding carboxylic acids is 1. The van der Waals surface area contributed by atoms with Gasteiger partial charge in [0.15, 0.2) is 0 Å². The normalized spacial score (nSPS) is 22.9. The number of benzene rings is 1. The maximum Gasteiger partial charge on any atom is 0.232 e. The molecule has 0 spiro atoms. The summed E-state index contributed by atoms with van der Waals surface area (Å²) >= 11 is 0. The van der Waals surface area contributed by atoms with E-state index in [0.29, 0.717) is 0 Å². The topological polar surface area (TPSA) is 40.5 Å². The van der Waals surface area contributed by atoms with Gasteiger partial charge in [-0.05, 0) is 37.8 Å². The number of carbonyl (C=O) groups is 1. The Labute approximate surface area is 115 Å². The molecule has 19 heavy (non-hydrogen) atoms. The third-order valence-electron chi connectivity index (χ3n) is 4.05. The molecular formula is C16H23NO2. The molecule has 2 atom stereocenters. The van der Waals surface area contributed by atoms with Gasteiger partial charge in [-0.25, -0.2) is 0 Å². The van der Waals surface area contributed by atoms with Gasteiger partial charge < -0.3 is 10.0 Å². The SMILES string of the molecule is Cc1cc(C)c(N2C(=O)[C@H](C(C)C)[C@@H]2CO)c(C)c1. The predicted octanol–water partition coefficient (Wildman–Crippen LogP) is 2.59. The second-order valence-electron chi connectivity index (χ2n) is 5.98. The molecule has 2 rings (SSSR count). The molecule has 0 unspecified atom stereocenters. The predicted molar refractivity (Wildman–Crippen MR) is 77.3 cm³/mol. The highest BCUT2D eigenvalue weighted by Crippen LogP contribution is 2.40. The molecular weight excluding hydrogens is 238 g/mol. The van der Waals surface area contributed by atoms with Crippen LogP contribution in [0.2, 0.25) is 0 Å². The van der Waals surface area contributed by atoms with Gasteiger partial charge in [0.25, 0.3) is 0 Å². The summed E-state index contributed by atoms with van der Waals surface area (Å²) in [6.07, 6.45) is 0. The van der Waals surface area contributed by atoms with Crippen LogP contribution in [0.4, 0.5) is 5.69 Å². The number of amides is 1. The van der Waals surface area contributed by atoms with Gasteiger partial charge in [0.1, 0.15) is 0 Å². The zero-order valence-electron chi connectivity index (χ0n) is 12.4. The van der Waals surface area contributed by atoms with E-state index in [0.717, 1.165) is 16.8 Å². The maximum absolute atomic E-state index is 12.4. The van der Waals surface area contributed by atoms with E-state index >= 15 is 0 Å². The molecule has 1 amide bonds. The fraction of sp³-hybridized carbons (Fsp3) is 0.562. The van der Waals surface area contributed by atoms with Crippen LogP contribution in [-0.4, -0.2) is 23.7 Å². The summed E-state index contributed by atoms with van der Waals surface area (Å²) in [6.45, 7) is 10.2. The first-order valence-electron chi connectivity index (χ1n) is 6.90. The first kappa shape index (κ1) is 14.1. The van der Waals surface area contributed by atoms with E-state index < -0.39 is 0 Å². The van der Waals surface area contributed by atoms with Crippen LogP contribution < -0.4 is 4.90 Å². The number of aliphatic hydroxyl groups is 1. The van der Waals surface area contributed by atoms with Crippen molar-refractivity contribution in [1.29, 1.82) is 0 Å². The van der Waals surface area contributed by atoms with Gasteiger partial charge >= 0.3 is 0 Å². The average Bonchev–Trinajstić information content (AvgIpc) is 2.28. The molecule has 0 aromatic heterocycles. The Bertz CT molecular complexity index is 484. The van der Waals surface area contributed by atoms with Gasteiger partial charge in [-0.15, -0.1) is 0 Å². The Kier molecular flexibility index (Phi) is 3.68. The van der Waals surface area contributed by atoms with Crippen LogP contribution in [0.5, 0.6) is 0 Å². The number of hydrogen-bond donors (Lipinski definition) is 1. The highest BCUT2D eigenvalue weighted by molar-refractivity contribution is 6.04. The number of aryl methyl sites for hydroxylation is 3. The quantitative estimate of drug-likeness (QED) is 0.850. The smallest absolute Gasteiger partial charge is 0.232 e. The van der Waals surface area contributed by atoms with Crippen molar-refractivity contribution >= 4 is 11.6 Å². The molecule has 1 aliphatic rings. The summed E-state index contributed by atoms with van der Waals surface area (Å²) in [6, 6.07) is 4.10. The van der Waals surface area contributed by atoms with Crippen LogP contribution >= 0.6 is 0 Å². The van der Waals surface area contributed by atoms with Crippen LogP contribution in [0, 0.1) is 32.6 Å². The summed E-state index contributed by atoms with van der Waals surface area (Å²) in [7, 11) is 0. The zero-order chi connectivity index (χ0) is 14.3. The fourth-order valence-corrected chi connectivity index (χ4v) is 3.32. The standard InChI is InChI=1S/C16H23NO2/c1-9(2)14-13(8-18)17(16(14)19)15-11(4)6-10(3)7-12(15)5/h6-7,9,13-14,18H,8H2,1-5H3/t13-,14+/m0/s1. The van der Waals surface area contributed by atoms with E-state index in [2.05, 4.69) is 19.1 Å². The lowest BCUT2D eigenvalue weighted by atomic mass is 9.78. The van der Waals surface area contributed by atoms with Crippen LogP contribution in [0.3, 0.4) is 0 Å². The van der Waals surface area contributed by atoms with Gasteiger partial charge in [0.2, 0.25) is 5.91 Å². The van der Waals surface area contributed by atoms with Gasteiger partial charge in [0.05, 0.1) is 18.6 Å². The molecule has 104 valence electrons. The monoisotopic (exact) mass is 261 g/mol. The van der Waals surface area contributed by atoms with Crippen molar-refractivity contribution in [2.75, 3.05) is 11.5 Å². The lowest BCUT2D eigenvalue weighted by molar-refractivity contribution is -0.133. The number of β-lactam (4-membered cyclic amide) rings is 1. The lowest BCUT2D eigenvalue weighted by Crippen LogP contribution is -2.65. The molecule has 3 heteroatoms. The Morgan fingerprint density at radius 1 is 1.21 bits per heavy atom. The zero-order valence-corrected chi connectivity index (χ0v) is 12.4. The lowest BCUT2D eigenvalue weighted by Gasteiger charge is -2.49. The minimum atomic E-state index is -0.0763.